The van der Waals surface area contributed by atoms with E-state index in [9.17, 15) is 4.79 Å². The van der Waals surface area contributed by atoms with E-state index in [1.54, 1.807) is 0 Å². The van der Waals surface area contributed by atoms with Crippen molar-refractivity contribution in [1.29, 1.82) is 0 Å². The van der Waals surface area contributed by atoms with E-state index >= 15 is 0 Å². The van der Waals surface area contributed by atoms with Gasteiger partial charge in [0.15, 0.2) is 0 Å². The van der Waals surface area contributed by atoms with Crippen molar-refractivity contribution in [3.05, 3.63) is 89.7 Å². The summed E-state index contributed by atoms with van der Waals surface area (Å²) in [5.74, 6) is 0.0541. The van der Waals surface area contributed by atoms with E-state index in [0.29, 0.717) is 0 Å². The van der Waals surface area contributed by atoms with E-state index in [-0.39, 0.29) is 17.9 Å². The van der Waals surface area contributed by atoms with Crippen molar-refractivity contribution in [1.82, 2.24) is 9.88 Å². The lowest BCUT2D eigenvalue weighted by atomic mass is 9.98. The number of aryl methyl sites for hydroxylation is 1. The minimum atomic E-state index is -0.139. The van der Waals surface area contributed by atoms with E-state index < -0.39 is 0 Å². The van der Waals surface area contributed by atoms with Gasteiger partial charge in [-0.05, 0) is 55.5 Å². The molecule has 0 unspecified atom stereocenters. The van der Waals surface area contributed by atoms with Gasteiger partial charge in [0.1, 0.15) is 0 Å². The zero-order chi connectivity index (χ0) is 19.5. The summed E-state index contributed by atoms with van der Waals surface area (Å²) in [7, 11) is 0. The number of amides is 1. The van der Waals surface area contributed by atoms with Gasteiger partial charge in [0, 0.05) is 12.2 Å². The number of aromatic nitrogens is 1. The van der Waals surface area contributed by atoms with E-state index in [1.807, 2.05) is 55.1 Å². The van der Waals surface area contributed by atoms with Crippen molar-refractivity contribution in [2.75, 3.05) is 6.54 Å². The highest BCUT2D eigenvalue weighted by Gasteiger charge is 2.33. The Morgan fingerprint density at radius 3 is 2.39 bits per heavy atom. The maximum atomic E-state index is 13.3. The number of likely N-dealkylation sites (tertiary alicyclic amines) is 1. The highest BCUT2D eigenvalue weighted by molar-refractivity contribution is 5.84. The van der Waals surface area contributed by atoms with Crippen molar-refractivity contribution in [3.63, 3.8) is 0 Å². The Hall–Kier alpha value is -2.94. The molecule has 1 fully saturated rings. The SMILES string of the molecule is Cc1cc(-c2ccccc2)cc([C@H]2CCCN2C(=O)[C@H](C)c2ccccc2)n1. The van der Waals surface area contributed by atoms with Crippen LogP contribution in [-0.2, 0) is 4.79 Å². The van der Waals surface area contributed by atoms with Gasteiger partial charge in [-0.3, -0.25) is 9.78 Å². The van der Waals surface area contributed by atoms with Crippen LogP contribution in [0.3, 0.4) is 0 Å². The van der Waals surface area contributed by atoms with Crippen LogP contribution in [0.25, 0.3) is 11.1 Å². The first kappa shape index (κ1) is 18.4. The lowest BCUT2D eigenvalue weighted by Crippen LogP contribution is -2.34. The molecule has 0 saturated carbocycles. The Bertz CT molecular complexity index is 953. The number of rotatable bonds is 4. The Morgan fingerprint density at radius 2 is 1.68 bits per heavy atom. The standard InChI is InChI=1S/C25H26N2O/c1-18-16-22(21-12-7-4-8-13-21)17-23(26-18)24-14-9-15-27(24)25(28)19(2)20-10-5-3-6-11-20/h3-8,10-13,16-17,19,24H,9,14-15H2,1-2H3/t19-,24-/m1/s1. The quantitative estimate of drug-likeness (QED) is 0.605. The van der Waals surface area contributed by atoms with E-state index in [4.69, 9.17) is 4.98 Å². The Morgan fingerprint density at radius 1 is 1.00 bits per heavy atom. The van der Waals surface area contributed by atoms with Crippen molar-refractivity contribution in [3.8, 4) is 11.1 Å². The van der Waals surface area contributed by atoms with Gasteiger partial charge in [-0.2, -0.15) is 0 Å². The number of hydrogen-bond acceptors (Lipinski definition) is 2. The van der Waals surface area contributed by atoms with Crippen LogP contribution in [0, 0.1) is 6.92 Å². The Kier molecular flexibility index (Phi) is 5.25. The first-order valence-corrected chi connectivity index (χ1v) is 10.0. The summed E-state index contributed by atoms with van der Waals surface area (Å²) in [6.07, 6.45) is 1.99. The molecular formula is C25H26N2O. The second kappa shape index (κ2) is 7.97. The molecule has 2 atom stereocenters. The van der Waals surface area contributed by atoms with Crippen molar-refractivity contribution < 1.29 is 4.79 Å². The highest BCUT2D eigenvalue weighted by atomic mass is 16.2. The molecule has 3 nitrogen and oxygen atoms in total. The average Bonchev–Trinajstić information content (AvgIpc) is 3.23. The third-order valence-corrected chi connectivity index (χ3v) is 5.63. The van der Waals surface area contributed by atoms with Gasteiger partial charge in [0.25, 0.3) is 0 Å². The molecular weight excluding hydrogens is 344 g/mol. The molecule has 1 saturated heterocycles. The monoisotopic (exact) mass is 370 g/mol. The van der Waals surface area contributed by atoms with Crippen LogP contribution in [0.2, 0.25) is 0 Å². The fourth-order valence-corrected chi connectivity index (χ4v) is 4.13. The molecule has 4 rings (SSSR count). The topological polar surface area (TPSA) is 33.2 Å². The van der Waals surface area contributed by atoms with Gasteiger partial charge in [-0.1, -0.05) is 60.7 Å². The van der Waals surface area contributed by atoms with Crippen LogP contribution in [0.1, 0.15) is 48.7 Å². The molecule has 1 aromatic heterocycles. The molecule has 1 aliphatic heterocycles. The van der Waals surface area contributed by atoms with Crippen molar-refractivity contribution in [2.45, 2.75) is 38.6 Å². The lowest BCUT2D eigenvalue weighted by Gasteiger charge is -2.28. The fraction of sp³-hybridized carbons (Fsp3) is 0.280. The molecule has 2 aromatic carbocycles. The highest BCUT2D eigenvalue weighted by Crippen LogP contribution is 2.35. The summed E-state index contributed by atoms with van der Waals surface area (Å²) in [6, 6.07) is 24.7. The summed E-state index contributed by atoms with van der Waals surface area (Å²) in [6.45, 7) is 4.84. The summed E-state index contributed by atoms with van der Waals surface area (Å²) in [4.78, 5) is 20.1. The van der Waals surface area contributed by atoms with Gasteiger partial charge in [0.2, 0.25) is 5.91 Å². The van der Waals surface area contributed by atoms with Crippen LogP contribution in [0.5, 0.6) is 0 Å². The van der Waals surface area contributed by atoms with Gasteiger partial charge in [-0.25, -0.2) is 0 Å². The van der Waals surface area contributed by atoms with Crippen LogP contribution < -0.4 is 0 Å². The second-order valence-electron chi connectivity index (χ2n) is 7.61. The fourth-order valence-electron chi connectivity index (χ4n) is 4.13. The van der Waals surface area contributed by atoms with Gasteiger partial charge >= 0.3 is 0 Å². The van der Waals surface area contributed by atoms with E-state index in [2.05, 4.69) is 36.4 Å². The predicted molar refractivity (Wildman–Crippen MR) is 113 cm³/mol. The Labute approximate surface area is 167 Å². The molecule has 3 aromatic rings. The number of nitrogens with zero attached hydrogens (tertiary/aromatic N) is 2. The van der Waals surface area contributed by atoms with Gasteiger partial charge in [-0.15, -0.1) is 0 Å². The minimum Gasteiger partial charge on any atom is -0.334 e. The molecule has 0 spiro atoms. The number of hydrogen-bond donors (Lipinski definition) is 0. The van der Waals surface area contributed by atoms with Crippen molar-refractivity contribution in [2.24, 2.45) is 0 Å². The number of benzene rings is 2. The largest absolute Gasteiger partial charge is 0.334 e. The maximum Gasteiger partial charge on any atom is 0.230 e. The zero-order valence-electron chi connectivity index (χ0n) is 16.5. The zero-order valence-corrected chi connectivity index (χ0v) is 16.5. The summed E-state index contributed by atoms with van der Waals surface area (Å²) < 4.78 is 0. The average molecular weight is 370 g/mol. The smallest absolute Gasteiger partial charge is 0.230 e. The van der Waals surface area contributed by atoms with Gasteiger partial charge in [0.05, 0.1) is 17.7 Å². The van der Waals surface area contributed by atoms with Crippen LogP contribution in [0.15, 0.2) is 72.8 Å². The number of carbonyl (C=O) groups excluding carboxylic acids is 1. The molecule has 1 amide bonds. The maximum absolute atomic E-state index is 13.3. The third-order valence-electron chi connectivity index (χ3n) is 5.63. The molecule has 3 heteroatoms. The normalized spacial score (nSPS) is 17.5. The predicted octanol–water partition coefficient (Wildman–Crippen LogP) is 5.52. The molecule has 0 radical (unpaired) electrons. The molecule has 28 heavy (non-hydrogen) atoms. The number of carbonyl (C=O) groups is 1. The second-order valence-corrected chi connectivity index (χ2v) is 7.61. The van der Waals surface area contributed by atoms with E-state index in [0.717, 1.165) is 36.3 Å². The lowest BCUT2D eigenvalue weighted by molar-refractivity contribution is -0.133. The molecule has 0 N–H and O–H groups in total. The molecule has 0 aliphatic carbocycles. The van der Waals surface area contributed by atoms with E-state index in [1.165, 1.54) is 11.1 Å². The van der Waals surface area contributed by atoms with Crippen molar-refractivity contribution >= 4 is 5.91 Å². The molecule has 1 aliphatic rings. The van der Waals surface area contributed by atoms with Gasteiger partial charge < -0.3 is 4.90 Å². The number of pyridine rings is 1. The minimum absolute atomic E-state index is 0.0565. The first-order chi connectivity index (χ1) is 13.6. The van der Waals surface area contributed by atoms with Crippen LogP contribution >= 0.6 is 0 Å². The molecule has 2 heterocycles. The third kappa shape index (κ3) is 3.70. The Balaban J connectivity index is 1.63. The summed E-state index contributed by atoms with van der Waals surface area (Å²) in [5, 5.41) is 0. The van der Waals surface area contributed by atoms with Crippen LogP contribution in [0.4, 0.5) is 0 Å². The summed E-state index contributed by atoms with van der Waals surface area (Å²) in [5.41, 5.74) is 5.42. The first-order valence-electron chi connectivity index (χ1n) is 10.0. The van der Waals surface area contributed by atoms with Crippen LogP contribution in [-0.4, -0.2) is 22.3 Å². The molecule has 142 valence electrons. The molecule has 0 bridgehead atoms. The summed E-state index contributed by atoms with van der Waals surface area (Å²) >= 11 is 0.